The summed E-state index contributed by atoms with van der Waals surface area (Å²) in [6, 6.07) is 33.3. The maximum Gasteiger partial charge on any atom is 2.00 e. The molecule has 0 bridgehead atoms. The Labute approximate surface area is 348 Å². The van der Waals surface area contributed by atoms with Crippen molar-refractivity contribution in [1.29, 1.82) is 0 Å². The Morgan fingerprint density at radius 2 is 1.41 bits per heavy atom. The quantitative estimate of drug-likeness (QED) is 0.143. The molecular weight excluding hydrogens is 868 g/mol. The van der Waals surface area contributed by atoms with Crippen molar-refractivity contribution in [2.45, 2.75) is 113 Å². The van der Waals surface area contributed by atoms with E-state index in [9.17, 15) is 0 Å². The van der Waals surface area contributed by atoms with Crippen molar-refractivity contribution >= 4 is 21.8 Å². The molecule has 7 rings (SSSR count). The smallest absolute Gasteiger partial charge is 0.509 e. The van der Waals surface area contributed by atoms with Gasteiger partial charge in [0.2, 0.25) is 0 Å². The van der Waals surface area contributed by atoms with Crippen molar-refractivity contribution in [2.75, 3.05) is 0 Å². The second-order valence-corrected chi connectivity index (χ2v) is 18.2. The molecule has 0 saturated heterocycles. The molecule has 0 fully saturated rings. The molecular formula is C50H56N4OPt. The van der Waals surface area contributed by atoms with E-state index in [1.807, 2.05) is 12.3 Å². The van der Waals surface area contributed by atoms with Crippen molar-refractivity contribution in [1.82, 2.24) is 19.3 Å². The zero-order valence-electron chi connectivity index (χ0n) is 35.4. The largest absolute Gasteiger partial charge is 2.00 e. The van der Waals surface area contributed by atoms with E-state index in [-0.39, 0.29) is 37.8 Å². The molecule has 56 heavy (non-hydrogen) atoms. The van der Waals surface area contributed by atoms with E-state index in [0.717, 1.165) is 56.7 Å². The van der Waals surface area contributed by atoms with Crippen LogP contribution in [0.2, 0.25) is 0 Å². The predicted octanol–water partition coefficient (Wildman–Crippen LogP) is 13.3. The molecule has 0 amide bonds. The van der Waals surface area contributed by atoms with Gasteiger partial charge in [0, 0.05) is 34.5 Å². The molecule has 0 spiro atoms. The zero-order chi connectivity index (χ0) is 39.6. The number of benzene rings is 4. The minimum atomic E-state index is -0.0523. The van der Waals surface area contributed by atoms with Gasteiger partial charge in [-0.2, -0.15) is 11.2 Å². The van der Waals surface area contributed by atoms with Gasteiger partial charge in [0.05, 0.1) is 5.69 Å². The fourth-order valence-corrected chi connectivity index (χ4v) is 8.00. The first-order valence-electron chi connectivity index (χ1n) is 19.8. The third-order valence-corrected chi connectivity index (χ3v) is 10.6. The van der Waals surface area contributed by atoms with Gasteiger partial charge in [-0.05, 0) is 101 Å². The van der Waals surface area contributed by atoms with E-state index in [1.54, 1.807) is 0 Å². The minimum Gasteiger partial charge on any atom is -0.509 e. The molecule has 6 heteroatoms. The number of pyridine rings is 1. The molecule has 0 aliphatic rings. The summed E-state index contributed by atoms with van der Waals surface area (Å²) in [6.07, 6.45) is 2.91. The maximum absolute atomic E-state index is 6.72. The summed E-state index contributed by atoms with van der Waals surface area (Å²) in [5.41, 5.74) is 13.7. The van der Waals surface area contributed by atoms with Crippen LogP contribution < -0.4 is 4.74 Å². The second kappa shape index (κ2) is 15.5. The zero-order valence-corrected chi connectivity index (χ0v) is 37.7. The van der Waals surface area contributed by atoms with Gasteiger partial charge in [0.25, 0.3) is 0 Å². The molecule has 0 N–H and O–H groups in total. The summed E-state index contributed by atoms with van der Waals surface area (Å²) in [5.74, 6) is 2.95. The van der Waals surface area contributed by atoms with Gasteiger partial charge in [-0.1, -0.05) is 111 Å². The van der Waals surface area contributed by atoms with Crippen molar-refractivity contribution in [3.05, 3.63) is 130 Å². The minimum absolute atomic E-state index is 0. The standard InChI is InChI=1S/C50H56N4O.Pt/c1-30(2)22-35-20-21-51-46(25-35)53-44-17-15-14-16-40(44)41-19-18-38(29-45(41)53)55-39-27-36(31(3)4)26-37(28-39)54-34(7)47(33(6)52-54)48-42(49(8,9)10)23-32(5)24-43(48)50(11,12)13;/h14-21,23-27,30-31H,22H2,1-13H3;/q-2;+2. The Bertz CT molecular complexity index is 2520. The summed E-state index contributed by atoms with van der Waals surface area (Å²) >= 11 is 0. The fourth-order valence-electron chi connectivity index (χ4n) is 8.00. The Morgan fingerprint density at radius 1 is 0.732 bits per heavy atom. The van der Waals surface area contributed by atoms with Crippen LogP contribution in [0.4, 0.5) is 0 Å². The second-order valence-electron chi connectivity index (χ2n) is 18.2. The molecule has 3 aromatic heterocycles. The van der Waals surface area contributed by atoms with Crippen molar-refractivity contribution in [3.8, 4) is 34.1 Å². The number of para-hydroxylation sites is 1. The Morgan fingerprint density at radius 3 is 2.05 bits per heavy atom. The number of hydrogen-bond donors (Lipinski definition) is 0. The van der Waals surface area contributed by atoms with Crippen LogP contribution in [0.5, 0.6) is 11.5 Å². The van der Waals surface area contributed by atoms with Crippen LogP contribution in [0, 0.1) is 38.8 Å². The van der Waals surface area contributed by atoms with Crippen molar-refractivity contribution in [2.24, 2.45) is 5.92 Å². The number of aryl methyl sites for hydroxylation is 2. The number of aromatic nitrogens is 4. The van der Waals surface area contributed by atoms with Gasteiger partial charge in [-0.3, -0.25) is 4.68 Å². The summed E-state index contributed by atoms with van der Waals surface area (Å²) < 4.78 is 11.0. The monoisotopic (exact) mass is 923 g/mol. The average Bonchev–Trinajstić information content (AvgIpc) is 3.59. The third-order valence-electron chi connectivity index (χ3n) is 10.6. The molecule has 0 atom stereocenters. The Balaban J connectivity index is 0.00000532. The Kier molecular flexibility index (Phi) is 11.4. The first kappa shape index (κ1) is 41.2. The molecule has 0 unspecified atom stereocenters. The van der Waals surface area contributed by atoms with Crippen LogP contribution in [-0.4, -0.2) is 19.3 Å². The van der Waals surface area contributed by atoms with E-state index in [1.165, 1.54) is 33.4 Å². The van der Waals surface area contributed by atoms with E-state index in [0.29, 0.717) is 17.4 Å². The summed E-state index contributed by atoms with van der Waals surface area (Å²) in [4.78, 5) is 4.85. The van der Waals surface area contributed by atoms with Crippen molar-refractivity contribution in [3.63, 3.8) is 0 Å². The molecule has 0 radical (unpaired) electrons. The van der Waals surface area contributed by atoms with Gasteiger partial charge >= 0.3 is 21.1 Å². The normalized spacial score (nSPS) is 12.3. The fraction of sp³-hybridized carbons (Fsp3) is 0.360. The van der Waals surface area contributed by atoms with E-state index >= 15 is 0 Å². The van der Waals surface area contributed by atoms with E-state index < -0.39 is 0 Å². The van der Waals surface area contributed by atoms with Gasteiger partial charge in [-0.15, -0.1) is 41.3 Å². The summed E-state index contributed by atoms with van der Waals surface area (Å²) in [6.45, 7) is 29.3. The van der Waals surface area contributed by atoms with Crippen LogP contribution >= 0.6 is 0 Å². The number of hydrogen-bond acceptors (Lipinski definition) is 3. The Hall–Kier alpha value is -4.47. The molecule has 0 aliphatic carbocycles. The van der Waals surface area contributed by atoms with Crippen LogP contribution in [0.1, 0.15) is 114 Å². The molecule has 5 nitrogen and oxygen atoms in total. The van der Waals surface area contributed by atoms with Gasteiger partial charge in [0.1, 0.15) is 5.82 Å². The number of fused-ring (bicyclic) bond motifs is 3. The molecule has 292 valence electrons. The number of rotatable bonds is 8. The predicted molar refractivity (Wildman–Crippen MR) is 230 cm³/mol. The number of nitrogens with zero attached hydrogens (tertiary/aromatic N) is 4. The molecule has 7 aromatic rings. The van der Waals surface area contributed by atoms with Crippen LogP contribution in [0.25, 0.3) is 44.4 Å². The summed E-state index contributed by atoms with van der Waals surface area (Å²) in [7, 11) is 0. The van der Waals surface area contributed by atoms with Crippen LogP contribution in [0.3, 0.4) is 0 Å². The maximum atomic E-state index is 6.72. The molecule has 0 aliphatic heterocycles. The van der Waals surface area contributed by atoms with Crippen molar-refractivity contribution < 1.29 is 25.8 Å². The van der Waals surface area contributed by atoms with Crippen LogP contribution in [-0.2, 0) is 38.3 Å². The van der Waals surface area contributed by atoms with E-state index in [2.05, 4.69) is 178 Å². The van der Waals surface area contributed by atoms with Crippen LogP contribution in [0.15, 0.2) is 79.0 Å². The topological polar surface area (TPSA) is 44.9 Å². The molecule has 0 saturated carbocycles. The SMILES string of the molecule is Cc1cc(C(C)(C)C)c(-c2c(C)nn(-c3[c-]c(Oc4[c-]c5c(cc4)c4ccccc4n5-c4cc(CC(C)C)ccn4)cc(C(C)C)c3)c2C)c(C(C)(C)C)c1.[Pt+2]. The van der Waals surface area contributed by atoms with Gasteiger partial charge in [0.15, 0.2) is 0 Å². The molecule has 4 aromatic carbocycles. The summed E-state index contributed by atoms with van der Waals surface area (Å²) in [5, 5.41) is 7.49. The molecule has 3 heterocycles. The first-order chi connectivity index (χ1) is 25.9. The van der Waals surface area contributed by atoms with Gasteiger partial charge < -0.3 is 9.30 Å². The first-order valence-corrected chi connectivity index (χ1v) is 19.8. The third kappa shape index (κ3) is 7.90. The van der Waals surface area contributed by atoms with Gasteiger partial charge in [-0.25, -0.2) is 4.98 Å². The van der Waals surface area contributed by atoms with E-state index in [4.69, 9.17) is 14.8 Å². The number of ether oxygens (including phenoxy) is 1. The average molecular weight is 924 g/mol.